The van der Waals surface area contributed by atoms with Crippen molar-refractivity contribution in [1.29, 1.82) is 0 Å². The Hall–Kier alpha value is -1.20. The van der Waals surface area contributed by atoms with Crippen LogP contribution < -0.4 is 5.32 Å². The third-order valence-corrected chi connectivity index (χ3v) is 3.94. The van der Waals surface area contributed by atoms with E-state index < -0.39 is 0 Å². The van der Waals surface area contributed by atoms with Crippen molar-refractivity contribution in [3.05, 3.63) is 17.6 Å². The van der Waals surface area contributed by atoms with Crippen LogP contribution in [0.2, 0.25) is 0 Å². The first kappa shape index (κ1) is 14.2. The smallest absolute Gasteiger partial charge is 0.129 e. The maximum Gasteiger partial charge on any atom is 0.129 e. The third-order valence-electron chi connectivity index (χ3n) is 3.94. The van der Waals surface area contributed by atoms with E-state index in [4.69, 9.17) is 4.74 Å². The van der Waals surface area contributed by atoms with Gasteiger partial charge >= 0.3 is 0 Å². The number of likely N-dealkylation sites (N-methyl/N-ethyl adjacent to an activating group) is 1. The Morgan fingerprint density at radius 1 is 1.26 bits per heavy atom. The highest BCUT2D eigenvalue weighted by molar-refractivity contribution is 5.36. The Bertz CT molecular complexity index is 407. The van der Waals surface area contributed by atoms with Crippen molar-refractivity contribution in [3.8, 4) is 0 Å². The van der Waals surface area contributed by atoms with Gasteiger partial charge in [0.25, 0.3) is 0 Å². The van der Waals surface area contributed by atoms with Crippen molar-refractivity contribution in [2.24, 2.45) is 0 Å². The van der Waals surface area contributed by atoms with E-state index in [-0.39, 0.29) is 5.54 Å². The Morgan fingerprint density at radius 2 is 1.95 bits per heavy atom. The lowest BCUT2D eigenvalue weighted by molar-refractivity contribution is -0.000668. The summed E-state index contributed by atoms with van der Waals surface area (Å²) < 4.78 is 5.49. The highest BCUT2D eigenvalue weighted by atomic mass is 16.5. The van der Waals surface area contributed by atoms with Gasteiger partial charge in [-0.05, 0) is 40.8 Å². The number of aromatic nitrogens is 2. The van der Waals surface area contributed by atoms with Crippen molar-refractivity contribution >= 4 is 5.82 Å². The van der Waals surface area contributed by atoms with Gasteiger partial charge in [-0.25, -0.2) is 9.97 Å². The van der Waals surface area contributed by atoms with Crippen LogP contribution in [0.25, 0.3) is 0 Å². The molecule has 2 rings (SSSR count). The highest BCUT2D eigenvalue weighted by Crippen LogP contribution is 2.26. The third kappa shape index (κ3) is 3.42. The van der Waals surface area contributed by atoms with Crippen molar-refractivity contribution in [3.63, 3.8) is 0 Å². The van der Waals surface area contributed by atoms with E-state index in [0.717, 1.165) is 49.9 Å². The first-order valence-corrected chi connectivity index (χ1v) is 6.83. The number of ether oxygens (including phenoxy) is 1. The van der Waals surface area contributed by atoms with Crippen LogP contribution in [0.1, 0.15) is 24.4 Å². The van der Waals surface area contributed by atoms with E-state index in [1.807, 2.05) is 19.9 Å². The number of aryl methyl sites for hydroxylation is 2. The Morgan fingerprint density at radius 3 is 2.53 bits per heavy atom. The molecule has 1 saturated heterocycles. The van der Waals surface area contributed by atoms with Crippen LogP contribution in [0.15, 0.2) is 6.07 Å². The summed E-state index contributed by atoms with van der Waals surface area (Å²) in [6.07, 6.45) is 2.10. The van der Waals surface area contributed by atoms with Crippen molar-refractivity contribution in [1.82, 2.24) is 14.9 Å². The fraction of sp³-hybridized carbons (Fsp3) is 0.714. The van der Waals surface area contributed by atoms with Gasteiger partial charge in [0.05, 0.1) is 0 Å². The maximum atomic E-state index is 5.49. The summed E-state index contributed by atoms with van der Waals surface area (Å²) in [4.78, 5) is 11.0. The van der Waals surface area contributed by atoms with Gasteiger partial charge in [0.1, 0.15) is 11.6 Å². The molecule has 5 nitrogen and oxygen atoms in total. The summed E-state index contributed by atoms with van der Waals surface area (Å²) in [5, 5.41) is 3.47. The van der Waals surface area contributed by atoms with E-state index in [1.165, 1.54) is 0 Å². The minimum absolute atomic E-state index is 0.158. The quantitative estimate of drug-likeness (QED) is 0.895. The van der Waals surface area contributed by atoms with Crippen molar-refractivity contribution < 1.29 is 4.74 Å². The molecule has 19 heavy (non-hydrogen) atoms. The molecule has 2 heterocycles. The first-order chi connectivity index (χ1) is 9.02. The second-order valence-electron chi connectivity index (χ2n) is 5.53. The molecule has 0 atom stereocenters. The highest BCUT2D eigenvalue weighted by Gasteiger charge is 2.34. The number of anilines is 1. The van der Waals surface area contributed by atoms with Crippen LogP contribution in [-0.4, -0.2) is 54.3 Å². The normalized spacial score (nSPS) is 18.6. The van der Waals surface area contributed by atoms with E-state index >= 15 is 0 Å². The van der Waals surface area contributed by atoms with Crippen LogP contribution in [0, 0.1) is 13.8 Å². The molecular formula is C14H24N4O. The predicted octanol–water partition coefficient (Wildman–Crippen LogP) is 1.62. The minimum Gasteiger partial charge on any atom is -0.381 e. The summed E-state index contributed by atoms with van der Waals surface area (Å²) in [5.74, 6) is 1.73. The van der Waals surface area contributed by atoms with Crippen LogP contribution >= 0.6 is 0 Å². The number of nitrogens with one attached hydrogen (secondary N) is 1. The fourth-order valence-corrected chi connectivity index (χ4v) is 2.60. The van der Waals surface area contributed by atoms with Gasteiger partial charge < -0.3 is 15.0 Å². The fourth-order valence-electron chi connectivity index (χ4n) is 2.60. The zero-order valence-electron chi connectivity index (χ0n) is 12.4. The SMILES string of the molecule is Cc1cc(NCC2(N(C)C)CCOCC2)nc(C)n1. The largest absolute Gasteiger partial charge is 0.381 e. The number of hydrogen-bond donors (Lipinski definition) is 1. The molecule has 0 amide bonds. The molecule has 1 fully saturated rings. The second-order valence-corrected chi connectivity index (χ2v) is 5.53. The Labute approximate surface area is 115 Å². The lowest BCUT2D eigenvalue weighted by atomic mass is 9.88. The molecule has 1 N–H and O–H groups in total. The second kappa shape index (κ2) is 5.84. The number of hydrogen-bond acceptors (Lipinski definition) is 5. The molecule has 1 aliphatic heterocycles. The molecule has 1 aromatic rings. The summed E-state index contributed by atoms with van der Waals surface area (Å²) in [7, 11) is 4.28. The van der Waals surface area contributed by atoms with Crippen LogP contribution in [0.5, 0.6) is 0 Å². The van der Waals surface area contributed by atoms with Crippen LogP contribution in [0.3, 0.4) is 0 Å². The molecule has 5 heteroatoms. The molecule has 0 aliphatic carbocycles. The van der Waals surface area contributed by atoms with Crippen LogP contribution in [0.4, 0.5) is 5.82 Å². The molecule has 1 aromatic heterocycles. The lowest BCUT2D eigenvalue weighted by Crippen LogP contribution is -2.53. The van der Waals surface area contributed by atoms with Gasteiger partial charge in [-0.15, -0.1) is 0 Å². The van der Waals surface area contributed by atoms with Gasteiger partial charge in [0.2, 0.25) is 0 Å². The average Bonchev–Trinajstić information content (AvgIpc) is 2.36. The summed E-state index contributed by atoms with van der Waals surface area (Å²) in [5.41, 5.74) is 1.16. The Balaban J connectivity index is 2.06. The zero-order chi connectivity index (χ0) is 13.9. The molecule has 0 radical (unpaired) electrons. The molecule has 0 unspecified atom stereocenters. The Kier molecular flexibility index (Phi) is 4.37. The standard InChI is InChI=1S/C14H24N4O/c1-11-9-13(17-12(2)16-11)15-10-14(18(3)4)5-7-19-8-6-14/h9H,5-8,10H2,1-4H3,(H,15,16,17). The van der Waals surface area contributed by atoms with Gasteiger partial charge in [0, 0.05) is 37.1 Å². The van der Waals surface area contributed by atoms with Gasteiger partial charge in [-0.1, -0.05) is 0 Å². The number of nitrogens with zero attached hydrogens (tertiary/aromatic N) is 3. The molecule has 0 spiro atoms. The van der Waals surface area contributed by atoms with Crippen molar-refractivity contribution in [2.75, 3.05) is 39.2 Å². The van der Waals surface area contributed by atoms with Gasteiger partial charge in [0.15, 0.2) is 0 Å². The maximum absolute atomic E-state index is 5.49. The average molecular weight is 264 g/mol. The molecule has 0 bridgehead atoms. The summed E-state index contributed by atoms with van der Waals surface area (Å²) in [6, 6.07) is 2.00. The summed E-state index contributed by atoms with van der Waals surface area (Å²) >= 11 is 0. The van der Waals surface area contributed by atoms with E-state index in [1.54, 1.807) is 0 Å². The molecule has 0 aromatic carbocycles. The van der Waals surface area contributed by atoms with Gasteiger partial charge in [-0.2, -0.15) is 0 Å². The predicted molar refractivity (Wildman–Crippen MR) is 76.5 cm³/mol. The lowest BCUT2D eigenvalue weighted by Gasteiger charge is -2.43. The first-order valence-electron chi connectivity index (χ1n) is 6.83. The van der Waals surface area contributed by atoms with Gasteiger partial charge in [-0.3, -0.25) is 0 Å². The summed E-state index contributed by atoms with van der Waals surface area (Å²) in [6.45, 7) is 6.48. The molecule has 1 aliphatic rings. The van der Waals surface area contributed by atoms with Crippen LogP contribution in [-0.2, 0) is 4.74 Å². The molecule has 0 saturated carbocycles. The molecular weight excluding hydrogens is 240 g/mol. The monoisotopic (exact) mass is 264 g/mol. The molecule has 106 valence electrons. The van der Waals surface area contributed by atoms with Crippen molar-refractivity contribution in [2.45, 2.75) is 32.2 Å². The minimum atomic E-state index is 0.158. The van der Waals surface area contributed by atoms with E-state index in [9.17, 15) is 0 Å². The van der Waals surface area contributed by atoms with E-state index in [2.05, 4.69) is 34.3 Å². The van der Waals surface area contributed by atoms with E-state index in [0.29, 0.717) is 0 Å². The topological polar surface area (TPSA) is 50.3 Å². The number of rotatable bonds is 4. The zero-order valence-corrected chi connectivity index (χ0v) is 12.4.